The molecular formula is C34H55NO6. The van der Waals surface area contributed by atoms with E-state index in [2.05, 4.69) is 53.3 Å². The molecule has 5 rings (SSSR count). The highest BCUT2D eigenvalue weighted by Gasteiger charge is 2.72. The van der Waals surface area contributed by atoms with Gasteiger partial charge in [-0.2, -0.15) is 0 Å². The summed E-state index contributed by atoms with van der Waals surface area (Å²) in [5.41, 5.74) is -0.0742. The van der Waals surface area contributed by atoms with E-state index in [-0.39, 0.29) is 34.2 Å². The smallest absolute Gasteiger partial charge is 0.312 e. The van der Waals surface area contributed by atoms with Crippen molar-refractivity contribution in [2.45, 2.75) is 126 Å². The van der Waals surface area contributed by atoms with Crippen LogP contribution >= 0.6 is 0 Å². The van der Waals surface area contributed by atoms with Gasteiger partial charge in [-0.25, -0.2) is 0 Å². The van der Waals surface area contributed by atoms with Gasteiger partial charge >= 0.3 is 5.97 Å². The first-order valence-corrected chi connectivity index (χ1v) is 16.6. The molecule has 0 aliphatic heterocycles. The summed E-state index contributed by atoms with van der Waals surface area (Å²) < 4.78 is 5.99. The zero-order valence-corrected chi connectivity index (χ0v) is 26.8. The van der Waals surface area contributed by atoms with Crippen molar-refractivity contribution >= 4 is 11.8 Å². The van der Waals surface area contributed by atoms with Crippen LogP contribution < -0.4 is 0 Å². The Labute approximate surface area is 247 Å². The van der Waals surface area contributed by atoms with Crippen LogP contribution in [0.4, 0.5) is 0 Å². The van der Waals surface area contributed by atoms with Crippen molar-refractivity contribution < 1.29 is 24.3 Å². The summed E-state index contributed by atoms with van der Waals surface area (Å²) >= 11 is 0. The molecule has 0 unspecified atom stereocenters. The maximum Gasteiger partial charge on any atom is 0.312 e. The molecule has 0 amide bonds. The van der Waals surface area contributed by atoms with Crippen LogP contribution in [0.1, 0.15) is 126 Å². The summed E-state index contributed by atoms with van der Waals surface area (Å²) in [4.78, 5) is 41.9. The average Bonchev–Trinajstić information content (AvgIpc) is 3.30. The van der Waals surface area contributed by atoms with Gasteiger partial charge < -0.3 is 9.57 Å². The van der Waals surface area contributed by atoms with E-state index >= 15 is 0 Å². The second-order valence-corrected chi connectivity index (χ2v) is 16.3. The van der Waals surface area contributed by atoms with Crippen LogP contribution in [0.2, 0.25) is 0 Å². The van der Waals surface area contributed by atoms with Crippen LogP contribution in [0.25, 0.3) is 0 Å². The van der Waals surface area contributed by atoms with Crippen molar-refractivity contribution in [2.75, 3.05) is 13.2 Å². The number of esters is 1. The number of Topliss-reactive ketones (excluding diaryl/α,β-unsaturated/α-hetero) is 1. The van der Waals surface area contributed by atoms with Crippen LogP contribution in [0, 0.1) is 72.7 Å². The van der Waals surface area contributed by atoms with Crippen molar-refractivity contribution in [3.8, 4) is 0 Å². The van der Waals surface area contributed by atoms with Crippen molar-refractivity contribution in [3.63, 3.8) is 0 Å². The van der Waals surface area contributed by atoms with Crippen LogP contribution in [-0.2, 0) is 19.2 Å². The normalized spacial score (nSPS) is 44.8. The van der Waals surface area contributed by atoms with E-state index in [1.807, 2.05) is 0 Å². The number of ether oxygens (including phenoxy) is 1. The van der Waals surface area contributed by atoms with Crippen LogP contribution in [0.3, 0.4) is 0 Å². The minimum absolute atomic E-state index is 0.0154. The standard InChI is InChI=1S/C34H55NO6/c1-22(2)23-12-17-34(29(37)40-20-8-9-21-41-35(38)39)19-18-32(6)24(28(23)34)10-11-26-31(5)15-14-27(36)30(3,4)25(31)13-16-33(26,32)7/h22-26,28H,8-21H2,1-7H3/t23-,24+,25-,26+,28+,31-,32+,33+,34-/m0/s1. The van der Waals surface area contributed by atoms with E-state index in [4.69, 9.17) is 4.74 Å². The summed E-state index contributed by atoms with van der Waals surface area (Å²) in [6.07, 6.45) is 11.5. The second kappa shape index (κ2) is 10.5. The highest BCUT2D eigenvalue weighted by Crippen LogP contribution is 2.77. The van der Waals surface area contributed by atoms with Gasteiger partial charge in [-0.1, -0.05) is 48.5 Å². The molecule has 5 fully saturated rings. The van der Waals surface area contributed by atoms with Gasteiger partial charge in [0, 0.05) is 11.8 Å². The summed E-state index contributed by atoms with van der Waals surface area (Å²) in [5, 5.41) is 9.65. The summed E-state index contributed by atoms with van der Waals surface area (Å²) in [6.45, 7) is 17.2. The monoisotopic (exact) mass is 573 g/mol. The molecule has 0 aromatic rings. The number of hydrogen-bond donors (Lipinski definition) is 0. The molecule has 0 spiro atoms. The fourth-order valence-corrected chi connectivity index (χ4v) is 12.2. The van der Waals surface area contributed by atoms with Crippen molar-refractivity contribution in [3.05, 3.63) is 10.1 Å². The van der Waals surface area contributed by atoms with Gasteiger partial charge in [0.1, 0.15) is 5.78 Å². The van der Waals surface area contributed by atoms with E-state index in [1.165, 1.54) is 19.3 Å². The molecule has 0 aromatic heterocycles. The molecule has 7 heteroatoms. The molecule has 232 valence electrons. The zero-order chi connectivity index (χ0) is 30.0. The molecule has 0 aromatic carbocycles. The Morgan fingerprint density at radius 2 is 1.61 bits per heavy atom. The number of nitrogens with zero attached hydrogens (tertiary/aromatic N) is 1. The third kappa shape index (κ3) is 4.48. The first-order chi connectivity index (χ1) is 19.1. The fourth-order valence-electron chi connectivity index (χ4n) is 12.2. The zero-order valence-electron chi connectivity index (χ0n) is 26.8. The van der Waals surface area contributed by atoms with Crippen molar-refractivity contribution in [1.82, 2.24) is 0 Å². The minimum Gasteiger partial charge on any atom is -0.465 e. The number of carbonyl (C=O) groups excluding carboxylic acids is 2. The fraction of sp³-hybridized carbons (Fsp3) is 0.941. The van der Waals surface area contributed by atoms with Gasteiger partial charge in [0.15, 0.2) is 0 Å². The largest absolute Gasteiger partial charge is 0.465 e. The second-order valence-electron chi connectivity index (χ2n) is 16.3. The van der Waals surface area contributed by atoms with Crippen molar-refractivity contribution in [1.29, 1.82) is 0 Å². The third-order valence-corrected chi connectivity index (χ3v) is 14.5. The van der Waals surface area contributed by atoms with Gasteiger partial charge in [0.05, 0.1) is 18.6 Å². The molecule has 0 radical (unpaired) electrons. The Hall–Kier alpha value is -1.66. The highest BCUT2D eigenvalue weighted by atomic mass is 16.9. The van der Waals surface area contributed by atoms with E-state index in [9.17, 15) is 19.7 Å². The van der Waals surface area contributed by atoms with Gasteiger partial charge in [-0.3, -0.25) is 9.59 Å². The van der Waals surface area contributed by atoms with Gasteiger partial charge in [-0.15, -0.1) is 10.1 Å². The number of rotatable bonds is 8. The van der Waals surface area contributed by atoms with Crippen molar-refractivity contribution in [2.24, 2.45) is 62.6 Å². The summed E-state index contributed by atoms with van der Waals surface area (Å²) in [7, 11) is 0. The van der Waals surface area contributed by atoms with Gasteiger partial charge in [0.25, 0.3) is 5.09 Å². The molecule has 5 aliphatic carbocycles. The Morgan fingerprint density at radius 1 is 0.902 bits per heavy atom. The highest BCUT2D eigenvalue weighted by molar-refractivity contribution is 5.85. The van der Waals surface area contributed by atoms with E-state index in [0.717, 1.165) is 44.9 Å². The number of unbranched alkanes of at least 4 members (excludes halogenated alkanes) is 1. The lowest BCUT2D eigenvalue weighted by atomic mass is 9.32. The number of hydrogen-bond acceptors (Lipinski definition) is 6. The number of ketones is 1. The molecule has 41 heavy (non-hydrogen) atoms. The summed E-state index contributed by atoms with van der Waals surface area (Å²) in [5.74, 6) is 3.42. The Bertz CT molecular complexity index is 1060. The predicted octanol–water partition coefficient (Wildman–Crippen LogP) is 7.82. The van der Waals surface area contributed by atoms with E-state index < -0.39 is 10.5 Å². The van der Waals surface area contributed by atoms with Crippen LogP contribution in [0.5, 0.6) is 0 Å². The lowest BCUT2D eigenvalue weighted by molar-refractivity contribution is -0.757. The lowest BCUT2D eigenvalue weighted by Crippen LogP contribution is -2.66. The molecule has 0 N–H and O–H groups in total. The Kier molecular flexibility index (Phi) is 7.89. The maximum atomic E-state index is 14.0. The first kappa shape index (κ1) is 30.8. The van der Waals surface area contributed by atoms with Crippen LogP contribution in [-0.4, -0.2) is 30.1 Å². The molecular weight excluding hydrogens is 518 g/mol. The quantitative estimate of drug-likeness (QED) is 0.127. The molecule has 0 saturated heterocycles. The maximum absolute atomic E-state index is 14.0. The predicted molar refractivity (Wildman–Crippen MR) is 157 cm³/mol. The first-order valence-electron chi connectivity index (χ1n) is 16.6. The molecule has 0 bridgehead atoms. The van der Waals surface area contributed by atoms with E-state index in [0.29, 0.717) is 60.7 Å². The number of carbonyl (C=O) groups is 2. The number of fused-ring (bicyclic) bond motifs is 7. The van der Waals surface area contributed by atoms with Crippen LogP contribution in [0.15, 0.2) is 0 Å². The SMILES string of the molecule is CC(C)[C@@H]1CC[C@]2(C(=O)OCCCCO[N+](=O)[O-])CC[C@]3(C)[C@H](CC[C@@H]4[C@@]5(C)CCC(=O)C(C)(C)[C@@H]5CC[C@]43C)[C@@H]12. The molecule has 5 saturated carbocycles. The Balaban J connectivity index is 1.40. The average molecular weight is 574 g/mol. The summed E-state index contributed by atoms with van der Waals surface area (Å²) in [6, 6.07) is 0. The molecule has 5 aliphatic rings. The Morgan fingerprint density at radius 3 is 2.29 bits per heavy atom. The molecule has 0 heterocycles. The van der Waals surface area contributed by atoms with Gasteiger partial charge in [0.2, 0.25) is 0 Å². The topological polar surface area (TPSA) is 95.7 Å². The molecule has 7 nitrogen and oxygen atoms in total. The lowest BCUT2D eigenvalue weighted by Gasteiger charge is -2.72. The molecule has 9 atom stereocenters. The third-order valence-electron chi connectivity index (χ3n) is 14.5. The van der Waals surface area contributed by atoms with E-state index in [1.54, 1.807) is 0 Å². The minimum atomic E-state index is -0.768. The van der Waals surface area contributed by atoms with Gasteiger partial charge in [-0.05, 0) is 122 Å².